The van der Waals surface area contributed by atoms with Gasteiger partial charge in [0.25, 0.3) is 0 Å². The third kappa shape index (κ3) is 4.00. The lowest BCUT2D eigenvalue weighted by molar-refractivity contribution is 0.330. The summed E-state index contributed by atoms with van der Waals surface area (Å²) in [6.07, 6.45) is 1.04. The zero-order valence-corrected chi connectivity index (χ0v) is 12.2. The van der Waals surface area contributed by atoms with Crippen LogP contribution in [0, 0.1) is 0 Å². The first-order chi connectivity index (χ1) is 9.69. The van der Waals surface area contributed by atoms with E-state index in [2.05, 4.69) is 36.2 Å². The van der Waals surface area contributed by atoms with Crippen molar-refractivity contribution in [3.8, 4) is 5.75 Å². The Bertz CT molecular complexity index is 540. The van der Waals surface area contributed by atoms with Gasteiger partial charge in [-0.1, -0.05) is 30.3 Å². The third-order valence-corrected chi connectivity index (χ3v) is 3.42. The van der Waals surface area contributed by atoms with Crippen LogP contribution in [0.5, 0.6) is 5.75 Å². The molecule has 3 heteroatoms. The maximum Gasteiger partial charge on any atom is 0.119 e. The number of nitrogens with two attached hydrogens (primary N) is 1. The van der Waals surface area contributed by atoms with Crippen LogP contribution in [0.15, 0.2) is 48.5 Å². The first kappa shape index (κ1) is 14.4. The van der Waals surface area contributed by atoms with Gasteiger partial charge in [0.1, 0.15) is 5.75 Å². The van der Waals surface area contributed by atoms with Crippen LogP contribution in [0.4, 0.5) is 5.69 Å². The van der Waals surface area contributed by atoms with E-state index in [0.29, 0.717) is 0 Å². The number of nitrogens with zero attached hydrogens (tertiary/aromatic N) is 1. The Balaban J connectivity index is 1.92. The first-order valence-corrected chi connectivity index (χ1v) is 6.84. The molecular formula is C17H22N2O. The maximum atomic E-state index is 6.02. The minimum atomic E-state index is 0.817. The van der Waals surface area contributed by atoms with Crippen molar-refractivity contribution in [1.82, 2.24) is 4.90 Å². The molecule has 0 radical (unpaired) electrons. The zero-order valence-electron chi connectivity index (χ0n) is 12.2. The lowest BCUT2D eigenvalue weighted by atomic mass is 10.1. The summed E-state index contributed by atoms with van der Waals surface area (Å²) < 4.78 is 5.25. The van der Waals surface area contributed by atoms with Gasteiger partial charge < -0.3 is 15.4 Å². The van der Waals surface area contributed by atoms with Gasteiger partial charge in [-0.15, -0.1) is 0 Å². The Morgan fingerprint density at radius 1 is 1.10 bits per heavy atom. The molecule has 2 aromatic rings. The van der Waals surface area contributed by atoms with Crippen LogP contribution < -0.4 is 10.5 Å². The number of ether oxygens (including phenoxy) is 1. The predicted octanol–water partition coefficient (Wildman–Crippen LogP) is 2.95. The lowest BCUT2D eigenvalue weighted by Crippen LogP contribution is -2.21. The molecule has 106 valence electrons. The molecule has 0 spiro atoms. The van der Waals surface area contributed by atoms with Crippen molar-refractivity contribution in [2.24, 2.45) is 0 Å². The molecule has 2 rings (SSSR count). The van der Waals surface area contributed by atoms with Crippen molar-refractivity contribution in [3.05, 3.63) is 59.7 Å². The monoisotopic (exact) mass is 270 g/mol. The molecule has 0 saturated heterocycles. The van der Waals surface area contributed by atoms with Gasteiger partial charge in [-0.2, -0.15) is 0 Å². The van der Waals surface area contributed by atoms with Crippen molar-refractivity contribution in [2.45, 2.75) is 13.0 Å². The Morgan fingerprint density at radius 2 is 1.85 bits per heavy atom. The fourth-order valence-electron chi connectivity index (χ4n) is 2.18. The third-order valence-electron chi connectivity index (χ3n) is 3.42. The summed E-state index contributed by atoms with van der Waals surface area (Å²) in [6.45, 7) is 1.83. The molecule has 0 heterocycles. The highest BCUT2D eigenvalue weighted by Crippen LogP contribution is 2.20. The number of rotatable bonds is 6. The van der Waals surface area contributed by atoms with E-state index in [1.165, 1.54) is 5.56 Å². The van der Waals surface area contributed by atoms with Crippen LogP contribution in [0.25, 0.3) is 0 Å². The molecule has 0 aliphatic rings. The predicted molar refractivity (Wildman–Crippen MR) is 83.9 cm³/mol. The van der Waals surface area contributed by atoms with Crippen LogP contribution in [0.3, 0.4) is 0 Å². The highest BCUT2D eigenvalue weighted by molar-refractivity contribution is 5.50. The number of hydrogen-bond acceptors (Lipinski definition) is 3. The average Bonchev–Trinajstić information content (AvgIpc) is 2.48. The molecular weight excluding hydrogens is 248 g/mol. The van der Waals surface area contributed by atoms with Gasteiger partial charge in [-0.25, -0.2) is 0 Å². The van der Waals surface area contributed by atoms with E-state index in [0.717, 1.165) is 36.5 Å². The molecule has 0 aliphatic heterocycles. The Hall–Kier alpha value is -2.00. The van der Waals surface area contributed by atoms with Gasteiger partial charge in [-0.05, 0) is 42.8 Å². The van der Waals surface area contributed by atoms with Crippen LogP contribution in [-0.2, 0) is 13.0 Å². The van der Waals surface area contributed by atoms with Crippen molar-refractivity contribution in [2.75, 3.05) is 26.4 Å². The van der Waals surface area contributed by atoms with Crippen LogP contribution in [0.2, 0.25) is 0 Å². The summed E-state index contributed by atoms with van der Waals surface area (Å²) in [7, 11) is 3.79. The summed E-state index contributed by atoms with van der Waals surface area (Å²) in [5.74, 6) is 0.852. The van der Waals surface area contributed by atoms with Gasteiger partial charge in [-0.3, -0.25) is 0 Å². The molecule has 0 aliphatic carbocycles. The topological polar surface area (TPSA) is 38.5 Å². The minimum absolute atomic E-state index is 0.817. The summed E-state index contributed by atoms with van der Waals surface area (Å²) in [6, 6.07) is 16.3. The Kier molecular flexibility index (Phi) is 5.02. The SMILES string of the molecule is COc1ccc(N)c(CN(C)CCc2ccccc2)c1. The number of likely N-dealkylation sites (N-methyl/N-ethyl adjacent to an activating group) is 1. The Labute approximate surface area is 121 Å². The quantitative estimate of drug-likeness (QED) is 0.820. The number of methoxy groups -OCH3 is 1. The first-order valence-electron chi connectivity index (χ1n) is 6.84. The lowest BCUT2D eigenvalue weighted by Gasteiger charge is -2.18. The summed E-state index contributed by atoms with van der Waals surface area (Å²) in [5.41, 5.74) is 9.30. The second kappa shape index (κ2) is 6.96. The number of nitrogen functional groups attached to an aromatic ring is 1. The molecule has 0 unspecified atom stereocenters. The molecule has 0 aromatic heterocycles. The molecule has 0 amide bonds. The summed E-state index contributed by atoms with van der Waals surface area (Å²) >= 11 is 0. The van der Waals surface area contributed by atoms with Crippen molar-refractivity contribution >= 4 is 5.69 Å². The largest absolute Gasteiger partial charge is 0.497 e. The van der Waals surface area contributed by atoms with E-state index in [1.807, 2.05) is 24.3 Å². The number of benzene rings is 2. The Morgan fingerprint density at radius 3 is 2.55 bits per heavy atom. The minimum Gasteiger partial charge on any atom is -0.497 e. The molecule has 0 saturated carbocycles. The van der Waals surface area contributed by atoms with E-state index >= 15 is 0 Å². The van der Waals surface area contributed by atoms with Crippen LogP contribution in [-0.4, -0.2) is 25.6 Å². The maximum absolute atomic E-state index is 6.02. The number of hydrogen-bond donors (Lipinski definition) is 1. The zero-order chi connectivity index (χ0) is 14.4. The van der Waals surface area contributed by atoms with Crippen molar-refractivity contribution in [3.63, 3.8) is 0 Å². The summed E-state index contributed by atoms with van der Waals surface area (Å²) in [5, 5.41) is 0. The standard InChI is InChI=1S/C17H22N2O/c1-19(11-10-14-6-4-3-5-7-14)13-15-12-16(20-2)8-9-17(15)18/h3-9,12H,10-11,13,18H2,1-2H3. The van der Waals surface area contributed by atoms with E-state index in [-0.39, 0.29) is 0 Å². The molecule has 2 N–H and O–H groups in total. The van der Waals surface area contributed by atoms with Gasteiger partial charge in [0.05, 0.1) is 7.11 Å². The molecule has 0 fully saturated rings. The normalized spacial score (nSPS) is 10.8. The fraction of sp³-hybridized carbons (Fsp3) is 0.294. The summed E-state index contributed by atoms with van der Waals surface area (Å²) in [4.78, 5) is 2.28. The van der Waals surface area contributed by atoms with Gasteiger partial charge in [0, 0.05) is 18.8 Å². The van der Waals surface area contributed by atoms with Crippen molar-refractivity contribution in [1.29, 1.82) is 0 Å². The van der Waals surface area contributed by atoms with Crippen LogP contribution >= 0.6 is 0 Å². The van der Waals surface area contributed by atoms with E-state index in [1.54, 1.807) is 7.11 Å². The van der Waals surface area contributed by atoms with Gasteiger partial charge >= 0.3 is 0 Å². The highest BCUT2D eigenvalue weighted by atomic mass is 16.5. The highest BCUT2D eigenvalue weighted by Gasteiger charge is 2.06. The fourth-order valence-corrected chi connectivity index (χ4v) is 2.18. The average molecular weight is 270 g/mol. The van der Waals surface area contributed by atoms with Crippen molar-refractivity contribution < 1.29 is 4.74 Å². The molecule has 0 atom stereocenters. The van der Waals surface area contributed by atoms with E-state index in [9.17, 15) is 0 Å². The van der Waals surface area contributed by atoms with E-state index in [4.69, 9.17) is 10.5 Å². The molecule has 20 heavy (non-hydrogen) atoms. The molecule has 2 aromatic carbocycles. The second-order valence-corrected chi connectivity index (χ2v) is 5.04. The number of anilines is 1. The van der Waals surface area contributed by atoms with Gasteiger partial charge in [0.15, 0.2) is 0 Å². The molecule has 3 nitrogen and oxygen atoms in total. The van der Waals surface area contributed by atoms with E-state index < -0.39 is 0 Å². The van der Waals surface area contributed by atoms with Crippen LogP contribution in [0.1, 0.15) is 11.1 Å². The van der Waals surface area contributed by atoms with Gasteiger partial charge in [0.2, 0.25) is 0 Å². The second-order valence-electron chi connectivity index (χ2n) is 5.04. The smallest absolute Gasteiger partial charge is 0.119 e. The molecule has 0 bridgehead atoms.